The molecule has 0 fully saturated rings. The second-order valence-corrected chi connectivity index (χ2v) is 9.66. The van der Waals surface area contributed by atoms with Crippen molar-refractivity contribution < 1.29 is 56.2 Å². The smallest absolute Gasteiger partial charge is 0.475 e. The minimum absolute atomic E-state index is 0.0592. The molecule has 4 amide bonds. The number of anilines is 1. The monoisotopic (exact) mass is 649 g/mol. The van der Waals surface area contributed by atoms with Crippen molar-refractivity contribution in [3.63, 3.8) is 0 Å². The molecular formula is C26H31F4N5O8S. The van der Waals surface area contributed by atoms with Crippen molar-refractivity contribution in [2.45, 2.75) is 32.4 Å². The van der Waals surface area contributed by atoms with Gasteiger partial charge in [0, 0.05) is 13.1 Å². The quantitative estimate of drug-likeness (QED) is 0.112. The summed E-state index contributed by atoms with van der Waals surface area (Å²) in [6, 6.07) is 5.57. The van der Waals surface area contributed by atoms with Gasteiger partial charge in [-0.2, -0.15) is 13.2 Å². The molecule has 13 nitrogen and oxygen atoms in total. The van der Waals surface area contributed by atoms with E-state index in [9.17, 15) is 41.5 Å². The minimum atomic E-state index is -5.08. The molecule has 1 aromatic heterocycles. The number of carboxylic acid groups (broad SMARTS) is 1. The van der Waals surface area contributed by atoms with Crippen LogP contribution in [0.1, 0.15) is 50.4 Å². The van der Waals surface area contributed by atoms with E-state index in [4.69, 9.17) is 20.4 Å². The van der Waals surface area contributed by atoms with Gasteiger partial charge in [-0.15, -0.1) is 11.3 Å². The summed E-state index contributed by atoms with van der Waals surface area (Å²) in [7, 11) is 1.19. The standard InChI is InChI=1S/C24H30FN5O6S.C2HF3O2/c1-4-16(14-5-7-15(25)8-6-14)21(33)30-23-19(24(35)36-3)13(2)20(37-23)22(34)28-10-9-27-18(32)12-29-17(31)11-26;3-2(4,5)1(6)7/h5-8,16H,4,9-12,26H2,1-3H3,(H,27,32)(H,28,34)(H,29,31)(H,30,33);(H,6,7). The van der Waals surface area contributed by atoms with Crippen molar-refractivity contribution in [3.8, 4) is 0 Å². The molecule has 1 aromatic carbocycles. The fourth-order valence-corrected chi connectivity index (χ4v) is 4.52. The van der Waals surface area contributed by atoms with E-state index >= 15 is 0 Å². The lowest BCUT2D eigenvalue weighted by Crippen LogP contribution is -2.41. The highest BCUT2D eigenvalue weighted by Gasteiger charge is 2.38. The second kappa shape index (κ2) is 17.5. The van der Waals surface area contributed by atoms with E-state index in [1.807, 2.05) is 0 Å². The summed E-state index contributed by atoms with van der Waals surface area (Å²) < 4.78 is 49.9. The van der Waals surface area contributed by atoms with Crippen molar-refractivity contribution in [2.24, 2.45) is 5.73 Å². The fourth-order valence-electron chi connectivity index (χ4n) is 3.40. The van der Waals surface area contributed by atoms with E-state index < -0.39 is 53.5 Å². The molecule has 0 aliphatic rings. The predicted octanol–water partition coefficient (Wildman–Crippen LogP) is 1.67. The van der Waals surface area contributed by atoms with Gasteiger partial charge >= 0.3 is 18.1 Å². The third-order valence-corrected chi connectivity index (χ3v) is 6.79. The highest BCUT2D eigenvalue weighted by atomic mass is 32.1. The number of hydrogen-bond acceptors (Lipinski definition) is 9. The highest BCUT2D eigenvalue weighted by Crippen LogP contribution is 2.35. The van der Waals surface area contributed by atoms with Crippen LogP contribution < -0.4 is 27.0 Å². The van der Waals surface area contributed by atoms with Crippen LogP contribution >= 0.6 is 11.3 Å². The van der Waals surface area contributed by atoms with Gasteiger partial charge in [-0.1, -0.05) is 19.1 Å². The molecule has 0 aliphatic heterocycles. The highest BCUT2D eigenvalue weighted by molar-refractivity contribution is 7.18. The lowest BCUT2D eigenvalue weighted by atomic mass is 9.95. The molecule has 2 rings (SSSR count). The fraction of sp³-hybridized carbons (Fsp3) is 0.385. The van der Waals surface area contributed by atoms with E-state index in [0.717, 1.165) is 11.3 Å². The Morgan fingerprint density at radius 3 is 2.07 bits per heavy atom. The summed E-state index contributed by atoms with van der Waals surface area (Å²) in [5, 5.41) is 17.5. The zero-order chi connectivity index (χ0) is 33.6. The van der Waals surface area contributed by atoms with Gasteiger partial charge in [0.25, 0.3) is 5.91 Å². The van der Waals surface area contributed by atoms with Crippen molar-refractivity contribution >= 4 is 51.9 Å². The van der Waals surface area contributed by atoms with Crippen LogP contribution in [0.5, 0.6) is 0 Å². The van der Waals surface area contributed by atoms with Crippen LogP contribution in [0.15, 0.2) is 24.3 Å². The zero-order valence-corrected chi connectivity index (χ0v) is 24.5. The number of rotatable bonds is 12. The number of amides is 4. The van der Waals surface area contributed by atoms with Crippen LogP contribution in [0.25, 0.3) is 0 Å². The van der Waals surface area contributed by atoms with Crippen LogP contribution in [-0.4, -0.2) is 80.1 Å². The molecule has 0 bridgehead atoms. The Kier molecular flexibility index (Phi) is 14.9. The summed E-state index contributed by atoms with van der Waals surface area (Å²) in [5.41, 5.74) is 6.14. The third-order valence-electron chi connectivity index (χ3n) is 5.58. The number of nitrogens with two attached hydrogens (primary N) is 1. The molecular weight excluding hydrogens is 618 g/mol. The summed E-state index contributed by atoms with van der Waals surface area (Å²) in [4.78, 5) is 70.2. The number of benzene rings is 1. The number of alkyl halides is 3. The number of thiophene rings is 1. The van der Waals surface area contributed by atoms with Gasteiger partial charge in [0.05, 0.1) is 36.6 Å². The number of nitrogens with one attached hydrogen (secondary N) is 4. The first-order valence-electron chi connectivity index (χ1n) is 12.7. The largest absolute Gasteiger partial charge is 0.490 e. The van der Waals surface area contributed by atoms with Crippen LogP contribution in [0.4, 0.5) is 22.6 Å². The van der Waals surface area contributed by atoms with Gasteiger partial charge in [0.1, 0.15) is 10.8 Å². The van der Waals surface area contributed by atoms with Gasteiger partial charge in [0.15, 0.2) is 0 Å². The van der Waals surface area contributed by atoms with E-state index in [1.54, 1.807) is 13.8 Å². The molecule has 0 spiro atoms. The van der Waals surface area contributed by atoms with Crippen molar-refractivity contribution in [1.82, 2.24) is 16.0 Å². The average molecular weight is 650 g/mol. The first kappa shape index (κ1) is 37.4. The van der Waals surface area contributed by atoms with Crippen LogP contribution in [0, 0.1) is 12.7 Å². The number of aliphatic carboxylic acids is 1. The SMILES string of the molecule is CCC(C(=O)Nc1sc(C(=O)NCCNC(=O)CNC(=O)CN)c(C)c1C(=O)OC)c1ccc(F)cc1.O=C(O)C(F)(F)F. The minimum Gasteiger partial charge on any atom is -0.475 e. The molecule has 0 aliphatic carbocycles. The molecule has 1 unspecified atom stereocenters. The maximum absolute atomic E-state index is 13.3. The first-order chi connectivity index (χ1) is 20.6. The van der Waals surface area contributed by atoms with Gasteiger partial charge in [-0.3, -0.25) is 19.2 Å². The lowest BCUT2D eigenvalue weighted by molar-refractivity contribution is -0.192. The van der Waals surface area contributed by atoms with Gasteiger partial charge < -0.3 is 36.8 Å². The average Bonchev–Trinajstić information content (AvgIpc) is 3.29. The molecule has 2 aromatic rings. The second-order valence-electron chi connectivity index (χ2n) is 8.64. The Hall–Kier alpha value is -4.58. The van der Waals surface area contributed by atoms with Gasteiger partial charge in [-0.05, 0) is 36.6 Å². The molecule has 0 saturated carbocycles. The molecule has 242 valence electrons. The molecule has 1 heterocycles. The van der Waals surface area contributed by atoms with Crippen molar-refractivity contribution in [3.05, 3.63) is 51.7 Å². The lowest BCUT2D eigenvalue weighted by Gasteiger charge is -2.15. The normalized spacial score (nSPS) is 11.3. The Bertz CT molecular complexity index is 1350. The van der Waals surface area contributed by atoms with E-state index in [0.29, 0.717) is 17.5 Å². The summed E-state index contributed by atoms with van der Waals surface area (Å²) in [5.74, 6) is -6.35. The maximum atomic E-state index is 13.3. The van der Waals surface area contributed by atoms with Gasteiger partial charge in [-0.25, -0.2) is 14.0 Å². The Morgan fingerprint density at radius 2 is 1.57 bits per heavy atom. The Labute approximate surface area is 252 Å². The van der Waals surface area contributed by atoms with Gasteiger partial charge in [0.2, 0.25) is 17.7 Å². The maximum Gasteiger partial charge on any atom is 0.490 e. The van der Waals surface area contributed by atoms with Crippen molar-refractivity contribution in [1.29, 1.82) is 0 Å². The van der Waals surface area contributed by atoms with E-state index in [-0.39, 0.29) is 41.6 Å². The topological polar surface area (TPSA) is 206 Å². The molecule has 7 N–H and O–H groups in total. The molecule has 18 heteroatoms. The van der Waals surface area contributed by atoms with Crippen LogP contribution in [0.3, 0.4) is 0 Å². The third kappa shape index (κ3) is 11.6. The number of carboxylic acids is 1. The Balaban J connectivity index is 0.00000123. The number of carbonyl (C=O) groups is 6. The van der Waals surface area contributed by atoms with E-state index in [2.05, 4.69) is 21.3 Å². The summed E-state index contributed by atoms with van der Waals surface area (Å²) in [6.45, 7) is 3.06. The molecule has 0 saturated heterocycles. The van der Waals surface area contributed by atoms with Crippen LogP contribution in [-0.2, 0) is 23.9 Å². The number of halogens is 4. The molecule has 0 radical (unpaired) electrons. The number of hydrogen-bond donors (Lipinski definition) is 6. The summed E-state index contributed by atoms with van der Waals surface area (Å²) >= 11 is 0.918. The van der Waals surface area contributed by atoms with Crippen LogP contribution in [0.2, 0.25) is 0 Å². The van der Waals surface area contributed by atoms with Crippen molar-refractivity contribution in [2.75, 3.05) is 38.6 Å². The number of esters is 1. The number of methoxy groups -OCH3 is 1. The summed E-state index contributed by atoms with van der Waals surface area (Å²) in [6.07, 6.45) is -4.66. The zero-order valence-electron chi connectivity index (χ0n) is 23.7. The predicted molar refractivity (Wildman–Crippen MR) is 150 cm³/mol. The Morgan fingerprint density at radius 1 is 1.00 bits per heavy atom. The van der Waals surface area contributed by atoms with E-state index in [1.165, 1.54) is 31.4 Å². The molecule has 44 heavy (non-hydrogen) atoms. The number of carbonyl (C=O) groups excluding carboxylic acids is 5. The molecule has 1 atom stereocenters. The number of ether oxygens (including phenoxy) is 1. The first-order valence-corrected chi connectivity index (χ1v) is 13.5.